The van der Waals surface area contributed by atoms with E-state index in [1.807, 2.05) is 41.1 Å². The van der Waals surface area contributed by atoms with Gasteiger partial charge in [0.2, 0.25) is 4.77 Å². The number of nitrogens with one attached hydrogen (secondary N) is 1. The van der Waals surface area contributed by atoms with Crippen LogP contribution >= 0.6 is 12.2 Å². The van der Waals surface area contributed by atoms with E-state index in [9.17, 15) is 0 Å². The van der Waals surface area contributed by atoms with E-state index in [0.29, 0.717) is 11.4 Å². The number of hydrogen-bond donors (Lipinski definition) is 1. The molecule has 0 saturated carbocycles. The maximum absolute atomic E-state index is 5.40. The van der Waals surface area contributed by atoms with Gasteiger partial charge in [0, 0.05) is 12.1 Å². The van der Waals surface area contributed by atoms with Crippen LogP contribution < -0.4 is 0 Å². The Kier molecular flexibility index (Phi) is 5.00. The Balaban J connectivity index is 1.76. The van der Waals surface area contributed by atoms with E-state index in [1.54, 1.807) is 0 Å². The second-order valence-electron chi connectivity index (χ2n) is 5.42. The average molecular weight is 324 g/mol. The summed E-state index contributed by atoms with van der Waals surface area (Å²) in [5.74, 6) is 0.811. The summed E-state index contributed by atoms with van der Waals surface area (Å²) in [6, 6.07) is 20.5. The van der Waals surface area contributed by atoms with Gasteiger partial charge in [-0.15, -0.1) is 0 Å². The smallest absolute Gasteiger partial charge is 0.217 e. The Morgan fingerprint density at radius 2 is 1.70 bits per heavy atom. The maximum atomic E-state index is 5.40. The number of aromatic amines is 1. The lowest BCUT2D eigenvalue weighted by molar-refractivity contribution is 0.208. The van der Waals surface area contributed by atoms with Crippen molar-refractivity contribution in [3.63, 3.8) is 0 Å². The van der Waals surface area contributed by atoms with E-state index in [1.165, 1.54) is 5.56 Å². The predicted molar refractivity (Wildman–Crippen MR) is 95.4 cm³/mol. The second-order valence-corrected chi connectivity index (χ2v) is 5.79. The fraction of sp³-hybridized carbons (Fsp3) is 0.222. The van der Waals surface area contributed by atoms with Crippen LogP contribution in [0, 0.1) is 4.77 Å². The lowest BCUT2D eigenvalue weighted by Gasteiger charge is -2.20. The Hall–Kier alpha value is -2.24. The van der Waals surface area contributed by atoms with Crippen LogP contribution in [0.25, 0.3) is 11.4 Å². The van der Waals surface area contributed by atoms with Crippen LogP contribution in [0.2, 0.25) is 0 Å². The van der Waals surface area contributed by atoms with E-state index in [4.69, 9.17) is 12.2 Å². The van der Waals surface area contributed by atoms with E-state index >= 15 is 0 Å². The van der Waals surface area contributed by atoms with Crippen molar-refractivity contribution in [3.05, 3.63) is 71.0 Å². The molecule has 4 nitrogen and oxygen atoms in total. The third kappa shape index (κ3) is 3.94. The highest BCUT2D eigenvalue weighted by Gasteiger charge is 2.09. The zero-order valence-corrected chi connectivity index (χ0v) is 14.0. The first-order valence-corrected chi connectivity index (χ1v) is 8.15. The zero-order chi connectivity index (χ0) is 16.1. The van der Waals surface area contributed by atoms with Crippen molar-refractivity contribution < 1.29 is 0 Å². The van der Waals surface area contributed by atoms with Crippen molar-refractivity contribution in [1.82, 2.24) is 19.7 Å². The van der Waals surface area contributed by atoms with Crippen LogP contribution in [0.3, 0.4) is 0 Å². The molecule has 0 aliphatic rings. The maximum Gasteiger partial charge on any atom is 0.217 e. The molecule has 0 aliphatic heterocycles. The molecule has 1 N–H and O–H groups in total. The minimum atomic E-state index is 0.579. The molecule has 118 valence electrons. The van der Waals surface area contributed by atoms with E-state index in [-0.39, 0.29) is 0 Å². The molecule has 3 rings (SSSR count). The number of benzene rings is 2. The third-order valence-corrected chi connectivity index (χ3v) is 4.08. The molecule has 0 amide bonds. The van der Waals surface area contributed by atoms with Gasteiger partial charge in [-0.1, -0.05) is 67.6 Å². The topological polar surface area (TPSA) is 36.9 Å². The van der Waals surface area contributed by atoms with Gasteiger partial charge in [-0.2, -0.15) is 4.98 Å². The highest BCUT2D eigenvalue weighted by atomic mass is 32.1. The molecule has 0 saturated heterocycles. The van der Waals surface area contributed by atoms with Gasteiger partial charge in [-0.25, -0.2) is 4.68 Å². The lowest BCUT2D eigenvalue weighted by Crippen LogP contribution is -2.26. The first-order chi connectivity index (χ1) is 11.3. The first kappa shape index (κ1) is 15.6. The number of nitrogens with zero attached hydrogens (tertiary/aromatic N) is 3. The van der Waals surface area contributed by atoms with Crippen molar-refractivity contribution in [2.75, 3.05) is 6.54 Å². The molecule has 2 aromatic carbocycles. The largest absolute Gasteiger partial charge is 0.280 e. The van der Waals surface area contributed by atoms with Crippen molar-refractivity contribution in [1.29, 1.82) is 0 Å². The molecule has 0 unspecified atom stereocenters. The molecule has 3 aromatic rings. The number of hydrogen-bond acceptors (Lipinski definition) is 3. The molecular formula is C18H20N4S. The van der Waals surface area contributed by atoms with Gasteiger partial charge in [-0.3, -0.25) is 10.00 Å². The molecule has 1 aromatic heterocycles. The first-order valence-electron chi connectivity index (χ1n) is 7.75. The molecule has 0 radical (unpaired) electrons. The van der Waals surface area contributed by atoms with Crippen LogP contribution in [0.1, 0.15) is 12.5 Å². The van der Waals surface area contributed by atoms with Gasteiger partial charge in [0.15, 0.2) is 5.82 Å². The zero-order valence-electron chi connectivity index (χ0n) is 13.1. The molecule has 0 aliphatic carbocycles. The normalized spacial score (nSPS) is 11.0. The van der Waals surface area contributed by atoms with Gasteiger partial charge in [-0.05, 0) is 24.3 Å². The summed E-state index contributed by atoms with van der Waals surface area (Å²) >= 11 is 5.40. The Morgan fingerprint density at radius 1 is 1.04 bits per heavy atom. The number of rotatable bonds is 6. The molecular weight excluding hydrogens is 304 g/mol. The predicted octanol–water partition coefficient (Wildman–Crippen LogP) is 4.09. The van der Waals surface area contributed by atoms with Crippen LogP contribution in [0.5, 0.6) is 0 Å². The summed E-state index contributed by atoms with van der Waals surface area (Å²) in [6.45, 7) is 4.68. The summed E-state index contributed by atoms with van der Waals surface area (Å²) in [5, 5.41) is 3.31. The lowest BCUT2D eigenvalue weighted by atomic mass is 10.2. The number of H-pyrrole nitrogens is 1. The Labute approximate surface area is 141 Å². The van der Waals surface area contributed by atoms with Gasteiger partial charge >= 0.3 is 0 Å². The highest BCUT2D eigenvalue weighted by Crippen LogP contribution is 2.14. The minimum Gasteiger partial charge on any atom is -0.280 e. The quantitative estimate of drug-likeness (QED) is 0.694. The average Bonchev–Trinajstić information content (AvgIpc) is 2.97. The fourth-order valence-corrected chi connectivity index (χ4v) is 2.68. The van der Waals surface area contributed by atoms with Crippen LogP contribution in [0.15, 0.2) is 60.7 Å². The van der Waals surface area contributed by atoms with Crippen molar-refractivity contribution >= 4 is 12.2 Å². The molecule has 5 heteroatoms. The van der Waals surface area contributed by atoms with E-state index in [0.717, 1.165) is 24.5 Å². The van der Waals surface area contributed by atoms with Gasteiger partial charge < -0.3 is 0 Å². The van der Waals surface area contributed by atoms with Crippen LogP contribution in [0.4, 0.5) is 0 Å². The molecule has 0 bridgehead atoms. The molecule has 23 heavy (non-hydrogen) atoms. The SMILES string of the molecule is CCN(Cc1ccccc1)Cn1[nH]c(-c2ccccc2)nc1=S. The Morgan fingerprint density at radius 3 is 2.35 bits per heavy atom. The molecule has 0 spiro atoms. The van der Waals surface area contributed by atoms with Gasteiger partial charge in [0.05, 0.1) is 6.67 Å². The number of aromatic nitrogens is 3. The van der Waals surface area contributed by atoms with E-state index < -0.39 is 0 Å². The highest BCUT2D eigenvalue weighted by molar-refractivity contribution is 7.71. The third-order valence-electron chi connectivity index (χ3n) is 3.76. The molecule has 0 fully saturated rings. The summed E-state index contributed by atoms with van der Waals surface area (Å²) in [6.07, 6.45) is 0. The monoisotopic (exact) mass is 324 g/mol. The van der Waals surface area contributed by atoms with Crippen molar-refractivity contribution in [2.24, 2.45) is 0 Å². The molecule has 0 atom stereocenters. The summed E-state index contributed by atoms with van der Waals surface area (Å²) < 4.78 is 2.50. The fourth-order valence-electron chi connectivity index (χ4n) is 2.48. The van der Waals surface area contributed by atoms with Gasteiger partial charge in [0.1, 0.15) is 0 Å². The molecule has 1 heterocycles. The van der Waals surface area contributed by atoms with Crippen molar-refractivity contribution in [3.8, 4) is 11.4 Å². The van der Waals surface area contributed by atoms with Crippen LogP contribution in [-0.4, -0.2) is 26.2 Å². The summed E-state index contributed by atoms with van der Waals surface area (Å²) in [7, 11) is 0. The Bertz CT molecular complexity index is 793. The van der Waals surface area contributed by atoms with Gasteiger partial charge in [0.25, 0.3) is 0 Å². The minimum absolute atomic E-state index is 0.579. The second kappa shape index (κ2) is 7.35. The van der Waals surface area contributed by atoms with Crippen molar-refractivity contribution in [2.45, 2.75) is 20.1 Å². The van der Waals surface area contributed by atoms with E-state index in [2.05, 4.69) is 46.2 Å². The van der Waals surface area contributed by atoms with Crippen LogP contribution in [-0.2, 0) is 13.2 Å². The standard InChI is InChI=1S/C18H20N4S/c1-2-21(13-15-9-5-3-6-10-15)14-22-18(23)19-17(20-22)16-11-7-4-8-12-16/h3-12H,2,13-14H2,1H3,(H,19,20,23). The summed E-state index contributed by atoms with van der Waals surface area (Å²) in [4.78, 5) is 6.79. The summed E-state index contributed by atoms with van der Waals surface area (Å²) in [5.41, 5.74) is 2.34.